The molecule has 0 unspecified atom stereocenters. The minimum atomic E-state index is 0.640. The summed E-state index contributed by atoms with van der Waals surface area (Å²) in [4.78, 5) is 0. The molecule has 0 bridgehead atoms. The number of hydrogen-bond donors (Lipinski definition) is 1. The Kier molecular flexibility index (Phi) is 4.29. The predicted molar refractivity (Wildman–Crippen MR) is 67.5 cm³/mol. The molecule has 0 aliphatic carbocycles. The van der Waals surface area contributed by atoms with E-state index < -0.39 is 0 Å². The van der Waals surface area contributed by atoms with E-state index in [2.05, 4.69) is 29.3 Å². The highest BCUT2D eigenvalue weighted by Gasteiger charge is 2.11. The van der Waals surface area contributed by atoms with Gasteiger partial charge in [-0.25, -0.2) is 0 Å². The van der Waals surface area contributed by atoms with Crippen molar-refractivity contribution in [1.82, 2.24) is 5.32 Å². The first-order valence-electron chi connectivity index (χ1n) is 5.89. The van der Waals surface area contributed by atoms with E-state index in [1.165, 1.54) is 5.56 Å². The second-order valence-electron chi connectivity index (χ2n) is 3.83. The maximum Gasteiger partial charge on any atom is 0.161 e. The molecular weight excluding hydrogens is 214 g/mol. The molecule has 1 aliphatic heterocycles. The molecule has 0 fully saturated rings. The molecule has 0 saturated carbocycles. The molecule has 0 atom stereocenters. The lowest BCUT2D eigenvalue weighted by Crippen LogP contribution is -2.18. The summed E-state index contributed by atoms with van der Waals surface area (Å²) in [5.74, 6) is 7.55. The summed E-state index contributed by atoms with van der Waals surface area (Å²) >= 11 is 0. The number of nitrogens with one attached hydrogen (secondary N) is 1. The third-order valence-corrected chi connectivity index (χ3v) is 2.59. The highest BCUT2D eigenvalue weighted by Crippen LogP contribution is 2.30. The average Bonchev–Trinajstić information content (AvgIpc) is 2.38. The molecule has 3 nitrogen and oxygen atoms in total. The van der Waals surface area contributed by atoms with Crippen LogP contribution >= 0.6 is 0 Å². The van der Waals surface area contributed by atoms with Crippen LogP contribution in [0.15, 0.2) is 18.2 Å². The summed E-state index contributed by atoms with van der Waals surface area (Å²) in [5, 5.41) is 3.27. The molecule has 0 amide bonds. The molecule has 17 heavy (non-hydrogen) atoms. The van der Waals surface area contributed by atoms with Crippen molar-refractivity contribution in [2.45, 2.75) is 13.3 Å². The van der Waals surface area contributed by atoms with Gasteiger partial charge in [-0.1, -0.05) is 12.0 Å². The molecule has 0 aromatic heterocycles. The summed E-state index contributed by atoms with van der Waals surface area (Å²) < 4.78 is 11.0. The fourth-order valence-electron chi connectivity index (χ4n) is 1.72. The van der Waals surface area contributed by atoms with Crippen molar-refractivity contribution in [2.24, 2.45) is 0 Å². The van der Waals surface area contributed by atoms with E-state index in [-0.39, 0.29) is 0 Å². The van der Waals surface area contributed by atoms with Crippen LogP contribution in [0.2, 0.25) is 0 Å². The Balaban J connectivity index is 1.86. The minimum absolute atomic E-state index is 0.640. The monoisotopic (exact) mass is 231 g/mol. The van der Waals surface area contributed by atoms with Gasteiger partial charge in [-0.3, -0.25) is 0 Å². The maximum atomic E-state index is 5.54. The van der Waals surface area contributed by atoms with Gasteiger partial charge in [0.05, 0.1) is 6.54 Å². The molecule has 1 aliphatic rings. The SMILES string of the molecule is CC#CCNCCc1ccc2c(c1)OCCO2. The molecule has 3 heteroatoms. The van der Waals surface area contributed by atoms with Crippen LogP contribution in [-0.2, 0) is 6.42 Å². The number of benzene rings is 1. The minimum Gasteiger partial charge on any atom is -0.486 e. The van der Waals surface area contributed by atoms with Gasteiger partial charge in [-0.2, -0.15) is 0 Å². The van der Waals surface area contributed by atoms with Crippen molar-refractivity contribution in [3.05, 3.63) is 23.8 Å². The van der Waals surface area contributed by atoms with Crippen LogP contribution in [0.1, 0.15) is 12.5 Å². The van der Waals surface area contributed by atoms with Crippen LogP contribution < -0.4 is 14.8 Å². The molecule has 0 saturated heterocycles. The number of rotatable bonds is 4. The Labute approximate surface area is 102 Å². The fourth-order valence-corrected chi connectivity index (χ4v) is 1.72. The van der Waals surface area contributed by atoms with Crippen LogP contribution in [0.3, 0.4) is 0 Å². The summed E-state index contributed by atoms with van der Waals surface area (Å²) in [6, 6.07) is 6.12. The van der Waals surface area contributed by atoms with Crippen molar-refractivity contribution in [3.63, 3.8) is 0 Å². The summed E-state index contributed by atoms with van der Waals surface area (Å²) in [7, 11) is 0. The number of hydrogen-bond acceptors (Lipinski definition) is 3. The van der Waals surface area contributed by atoms with E-state index in [0.29, 0.717) is 13.2 Å². The standard InChI is InChI=1S/C14H17NO2/c1-2-3-7-15-8-6-12-4-5-13-14(11-12)17-10-9-16-13/h4-5,11,15H,6-10H2,1H3. The molecule has 1 aromatic carbocycles. The zero-order valence-electron chi connectivity index (χ0n) is 10.1. The van der Waals surface area contributed by atoms with E-state index in [1.54, 1.807) is 0 Å². The first-order valence-corrected chi connectivity index (χ1v) is 5.89. The summed E-state index contributed by atoms with van der Waals surface area (Å²) in [6.45, 7) is 4.81. The van der Waals surface area contributed by atoms with Crippen molar-refractivity contribution in [1.29, 1.82) is 0 Å². The lowest BCUT2D eigenvalue weighted by atomic mass is 10.1. The van der Waals surface area contributed by atoms with Crippen molar-refractivity contribution in [2.75, 3.05) is 26.3 Å². The Morgan fingerprint density at radius 2 is 2.06 bits per heavy atom. The third kappa shape index (κ3) is 3.40. The molecule has 90 valence electrons. The quantitative estimate of drug-likeness (QED) is 0.631. The molecule has 0 spiro atoms. The van der Waals surface area contributed by atoms with E-state index in [1.807, 2.05) is 13.0 Å². The molecule has 2 rings (SSSR count). The van der Waals surface area contributed by atoms with Crippen LogP contribution in [0.5, 0.6) is 11.5 Å². The first kappa shape index (κ1) is 11.8. The van der Waals surface area contributed by atoms with E-state index in [4.69, 9.17) is 9.47 Å². The van der Waals surface area contributed by atoms with Crippen LogP contribution in [0.25, 0.3) is 0 Å². The summed E-state index contributed by atoms with van der Waals surface area (Å²) in [6.07, 6.45) is 0.974. The average molecular weight is 231 g/mol. The molecule has 0 radical (unpaired) electrons. The Morgan fingerprint density at radius 1 is 1.24 bits per heavy atom. The fraction of sp³-hybridized carbons (Fsp3) is 0.429. The normalized spacial score (nSPS) is 12.8. The largest absolute Gasteiger partial charge is 0.486 e. The highest BCUT2D eigenvalue weighted by molar-refractivity contribution is 5.43. The molecule has 1 N–H and O–H groups in total. The van der Waals surface area contributed by atoms with Crippen molar-refractivity contribution < 1.29 is 9.47 Å². The maximum absolute atomic E-state index is 5.54. The van der Waals surface area contributed by atoms with Gasteiger partial charge in [0.1, 0.15) is 13.2 Å². The van der Waals surface area contributed by atoms with E-state index >= 15 is 0 Å². The van der Waals surface area contributed by atoms with Crippen LogP contribution in [0, 0.1) is 11.8 Å². The van der Waals surface area contributed by atoms with Gasteiger partial charge in [0.25, 0.3) is 0 Å². The predicted octanol–water partition coefficient (Wildman–Crippen LogP) is 1.61. The van der Waals surface area contributed by atoms with Gasteiger partial charge < -0.3 is 14.8 Å². The third-order valence-electron chi connectivity index (χ3n) is 2.59. The smallest absolute Gasteiger partial charge is 0.161 e. The van der Waals surface area contributed by atoms with Gasteiger partial charge in [-0.15, -0.1) is 5.92 Å². The van der Waals surface area contributed by atoms with Crippen molar-refractivity contribution in [3.8, 4) is 23.3 Å². The Hall–Kier alpha value is -1.66. The second kappa shape index (κ2) is 6.17. The topological polar surface area (TPSA) is 30.5 Å². The highest BCUT2D eigenvalue weighted by atomic mass is 16.6. The van der Waals surface area contributed by atoms with Gasteiger partial charge in [0.15, 0.2) is 11.5 Å². The number of ether oxygens (including phenoxy) is 2. The Bertz CT molecular complexity index is 432. The van der Waals surface area contributed by atoms with Gasteiger partial charge >= 0.3 is 0 Å². The summed E-state index contributed by atoms with van der Waals surface area (Å²) in [5.41, 5.74) is 1.26. The first-order chi connectivity index (χ1) is 8.40. The zero-order chi connectivity index (χ0) is 11.9. The van der Waals surface area contributed by atoms with Gasteiger partial charge in [0, 0.05) is 6.54 Å². The molecule has 1 heterocycles. The zero-order valence-corrected chi connectivity index (χ0v) is 10.1. The van der Waals surface area contributed by atoms with Gasteiger partial charge in [-0.05, 0) is 31.0 Å². The Morgan fingerprint density at radius 3 is 2.88 bits per heavy atom. The van der Waals surface area contributed by atoms with Crippen LogP contribution in [0.4, 0.5) is 0 Å². The molecule has 1 aromatic rings. The van der Waals surface area contributed by atoms with E-state index in [9.17, 15) is 0 Å². The van der Waals surface area contributed by atoms with Gasteiger partial charge in [0.2, 0.25) is 0 Å². The lowest BCUT2D eigenvalue weighted by molar-refractivity contribution is 0.171. The van der Waals surface area contributed by atoms with Crippen LogP contribution in [-0.4, -0.2) is 26.3 Å². The van der Waals surface area contributed by atoms with E-state index in [0.717, 1.165) is 31.0 Å². The lowest BCUT2D eigenvalue weighted by Gasteiger charge is -2.18. The second-order valence-corrected chi connectivity index (χ2v) is 3.83. The molecular formula is C14H17NO2. The van der Waals surface area contributed by atoms with Crippen molar-refractivity contribution >= 4 is 0 Å². The number of fused-ring (bicyclic) bond motifs is 1.